The maximum absolute atomic E-state index is 5.59. The van der Waals surface area contributed by atoms with Crippen LogP contribution in [-0.4, -0.2) is 7.11 Å². The van der Waals surface area contributed by atoms with Crippen LogP contribution in [-0.2, 0) is 0 Å². The zero-order chi connectivity index (χ0) is 15.1. The van der Waals surface area contributed by atoms with Gasteiger partial charge in [-0.15, -0.1) is 0 Å². The molecule has 0 radical (unpaired) electrons. The monoisotopic (exact) mass is 403 g/mol. The summed E-state index contributed by atoms with van der Waals surface area (Å²) in [5, 5.41) is 3.76. The first-order chi connectivity index (χ1) is 10.8. The molecule has 2 aromatic rings. The highest BCUT2D eigenvalue weighted by Crippen LogP contribution is 2.51. The minimum Gasteiger partial charge on any atom is -0.496 e. The van der Waals surface area contributed by atoms with Crippen molar-refractivity contribution in [3.63, 3.8) is 0 Å². The van der Waals surface area contributed by atoms with E-state index < -0.39 is 0 Å². The molecule has 0 saturated heterocycles. The van der Waals surface area contributed by atoms with Crippen LogP contribution in [0.2, 0.25) is 0 Å². The van der Waals surface area contributed by atoms with E-state index in [-0.39, 0.29) is 0 Å². The highest BCUT2D eigenvalue weighted by atomic mass is 127. The normalized spacial score (nSPS) is 25.3. The number of methoxy groups -OCH3 is 1. The van der Waals surface area contributed by atoms with Crippen LogP contribution < -0.4 is 10.1 Å². The second-order valence-electron chi connectivity index (χ2n) is 5.95. The Balaban J connectivity index is 1.81. The summed E-state index contributed by atoms with van der Waals surface area (Å²) in [7, 11) is 1.75. The third-order valence-corrected chi connectivity index (χ3v) is 5.47. The van der Waals surface area contributed by atoms with Gasteiger partial charge in [-0.1, -0.05) is 30.4 Å². The summed E-state index contributed by atoms with van der Waals surface area (Å²) >= 11 is 2.40. The Bertz CT molecular complexity index is 740. The lowest BCUT2D eigenvalue weighted by Gasteiger charge is -2.38. The smallest absolute Gasteiger partial charge is 0.124 e. The lowest BCUT2D eigenvalue weighted by atomic mass is 9.77. The number of halogens is 1. The molecule has 0 amide bonds. The van der Waals surface area contributed by atoms with Gasteiger partial charge in [-0.2, -0.15) is 0 Å². The number of para-hydroxylation sites is 1. The van der Waals surface area contributed by atoms with Crippen molar-refractivity contribution in [3.05, 3.63) is 69.3 Å². The van der Waals surface area contributed by atoms with Crippen molar-refractivity contribution >= 4 is 28.3 Å². The van der Waals surface area contributed by atoms with Gasteiger partial charge in [0.05, 0.1) is 13.2 Å². The van der Waals surface area contributed by atoms with Gasteiger partial charge in [-0.25, -0.2) is 0 Å². The standard InChI is InChI=1S/C19H18INO/c1-22-18-8-3-2-5-15(18)19-14-7-4-6-13(14)16-11-12(20)9-10-17(16)21-19/h2-6,8-11,13-14,19,21H,7H2,1H3/t13-,14+,19+/m1/s1. The molecule has 4 rings (SSSR count). The fraction of sp³-hybridized carbons (Fsp3) is 0.263. The average Bonchev–Trinajstić information content (AvgIpc) is 3.04. The van der Waals surface area contributed by atoms with Crippen LogP contribution in [0, 0.1) is 9.49 Å². The van der Waals surface area contributed by atoms with Crippen LogP contribution in [0.4, 0.5) is 5.69 Å². The van der Waals surface area contributed by atoms with Crippen LogP contribution >= 0.6 is 22.6 Å². The van der Waals surface area contributed by atoms with Crippen LogP contribution in [0.25, 0.3) is 0 Å². The summed E-state index contributed by atoms with van der Waals surface area (Å²) in [4.78, 5) is 0. The van der Waals surface area contributed by atoms with Crippen LogP contribution in [0.5, 0.6) is 5.75 Å². The van der Waals surface area contributed by atoms with Crippen molar-refractivity contribution in [2.24, 2.45) is 5.92 Å². The van der Waals surface area contributed by atoms with Gasteiger partial charge < -0.3 is 10.1 Å². The van der Waals surface area contributed by atoms with Gasteiger partial charge in [-0.3, -0.25) is 0 Å². The summed E-state index contributed by atoms with van der Waals surface area (Å²) in [6.45, 7) is 0. The molecule has 0 saturated carbocycles. The van der Waals surface area contributed by atoms with Gasteiger partial charge in [0.25, 0.3) is 0 Å². The molecule has 1 heterocycles. The van der Waals surface area contributed by atoms with Gasteiger partial charge in [-0.05, 0) is 64.8 Å². The molecule has 1 N–H and O–H groups in total. The minimum atomic E-state index is 0.295. The van der Waals surface area contributed by atoms with Crippen molar-refractivity contribution in [3.8, 4) is 5.75 Å². The third kappa shape index (κ3) is 2.22. The highest BCUT2D eigenvalue weighted by molar-refractivity contribution is 14.1. The van der Waals surface area contributed by atoms with Crippen LogP contribution in [0.3, 0.4) is 0 Å². The van der Waals surface area contributed by atoms with E-state index in [1.54, 1.807) is 7.11 Å². The Labute approximate surface area is 144 Å². The van der Waals surface area contributed by atoms with Crippen molar-refractivity contribution in [2.75, 3.05) is 12.4 Å². The Hall–Kier alpha value is -1.49. The molecule has 2 nitrogen and oxygen atoms in total. The number of rotatable bonds is 2. The SMILES string of the molecule is COc1ccccc1[C@H]1Nc2ccc(I)cc2[C@@H]2C=CC[C@H]12. The van der Waals surface area contributed by atoms with E-state index in [0.29, 0.717) is 17.9 Å². The molecular weight excluding hydrogens is 385 g/mol. The summed E-state index contributed by atoms with van der Waals surface area (Å²) < 4.78 is 6.89. The summed E-state index contributed by atoms with van der Waals surface area (Å²) in [5.41, 5.74) is 3.94. The summed E-state index contributed by atoms with van der Waals surface area (Å²) in [6.07, 6.45) is 5.82. The number of hydrogen-bond donors (Lipinski definition) is 1. The number of fused-ring (bicyclic) bond motifs is 3. The number of ether oxygens (including phenoxy) is 1. The van der Waals surface area contributed by atoms with Gasteiger partial charge >= 0.3 is 0 Å². The number of hydrogen-bond acceptors (Lipinski definition) is 2. The number of allylic oxidation sites excluding steroid dienone is 2. The first-order valence-corrected chi connectivity index (χ1v) is 8.71. The molecule has 0 unspecified atom stereocenters. The lowest BCUT2D eigenvalue weighted by Crippen LogP contribution is -2.29. The van der Waals surface area contributed by atoms with Crippen molar-refractivity contribution < 1.29 is 4.74 Å². The molecule has 0 aromatic heterocycles. The van der Waals surface area contributed by atoms with E-state index in [0.717, 1.165) is 12.2 Å². The first kappa shape index (κ1) is 14.1. The number of benzene rings is 2. The van der Waals surface area contributed by atoms with Crippen LogP contribution in [0.15, 0.2) is 54.6 Å². The molecule has 1 aliphatic heterocycles. The molecule has 112 valence electrons. The Kier molecular flexibility index (Phi) is 3.60. The van der Waals surface area contributed by atoms with Gasteiger partial charge in [0, 0.05) is 20.7 Å². The zero-order valence-electron chi connectivity index (χ0n) is 12.4. The maximum atomic E-state index is 5.59. The van der Waals surface area contributed by atoms with E-state index >= 15 is 0 Å². The second-order valence-corrected chi connectivity index (χ2v) is 7.19. The largest absolute Gasteiger partial charge is 0.496 e. The molecule has 3 atom stereocenters. The van der Waals surface area contributed by atoms with E-state index in [4.69, 9.17) is 4.74 Å². The first-order valence-electron chi connectivity index (χ1n) is 7.63. The number of nitrogens with one attached hydrogen (secondary N) is 1. The topological polar surface area (TPSA) is 21.3 Å². The van der Waals surface area contributed by atoms with Crippen LogP contribution in [0.1, 0.15) is 29.5 Å². The fourth-order valence-electron chi connectivity index (χ4n) is 3.80. The maximum Gasteiger partial charge on any atom is 0.124 e. The van der Waals surface area contributed by atoms with Gasteiger partial charge in [0.15, 0.2) is 0 Å². The Morgan fingerprint density at radius 2 is 2.00 bits per heavy atom. The summed E-state index contributed by atoms with van der Waals surface area (Å²) in [6, 6.07) is 15.4. The molecule has 0 spiro atoms. The van der Waals surface area contributed by atoms with Crippen molar-refractivity contribution in [1.82, 2.24) is 0 Å². The molecule has 22 heavy (non-hydrogen) atoms. The van der Waals surface area contributed by atoms with Gasteiger partial charge in [0.1, 0.15) is 5.75 Å². The molecule has 0 bridgehead atoms. The molecule has 0 fully saturated rings. The van der Waals surface area contributed by atoms with Gasteiger partial charge in [0.2, 0.25) is 0 Å². The molecule has 2 aromatic carbocycles. The molecule has 1 aliphatic carbocycles. The Morgan fingerprint density at radius 1 is 1.14 bits per heavy atom. The fourth-order valence-corrected chi connectivity index (χ4v) is 4.31. The van der Waals surface area contributed by atoms with E-state index in [9.17, 15) is 0 Å². The second kappa shape index (κ2) is 5.61. The summed E-state index contributed by atoms with van der Waals surface area (Å²) in [5.74, 6) is 2.03. The molecule has 2 aliphatic rings. The quantitative estimate of drug-likeness (QED) is 0.555. The zero-order valence-corrected chi connectivity index (χ0v) is 14.6. The predicted octanol–water partition coefficient (Wildman–Crippen LogP) is 5.13. The minimum absolute atomic E-state index is 0.295. The lowest BCUT2D eigenvalue weighted by molar-refractivity contribution is 0.381. The van der Waals surface area contributed by atoms with E-state index in [1.807, 2.05) is 6.07 Å². The highest BCUT2D eigenvalue weighted by Gasteiger charge is 2.38. The number of anilines is 1. The van der Waals surface area contributed by atoms with Crippen molar-refractivity contribution in [1.29, 1.82) is 0 Å². The molecule has 3 heteroatoms. The van der Waals surface area contributed by atoms with E-state index in [2.05, 4.69) is 76.5 Å². The third-order valence-electron chi connectivity index (χ3n) is 4.80. The molecular formula is C19H18INO. The van der Waals surface area contributed by atoms with Crippen molar-refractivity contribution in [2.45, 2.75) is 18.4 Å². The predicted molar refractivity (Wildman–Crippen MR) is 98.5 cm³/mol. The van der Waals surface area contributed by atoms with E-state index in [1.165, 1.54) is 20.4 Å². The average molecular weight is 403 g/mol. The Morgan fingerprint density at radius 3 is 2.86 bits per heavy atom.